The molecule has 0 aromatic carbocycles. The summed E-state index contributed by atoms with van der Waals surface area (Å²) in [5, 5.41) is 3.56. The Kier molecular flexibility index (Phi) is 5.84. The van der Waals surface area contributed by atoms with Gasteiger partial charge in [-0.1, -0.05) is 27.2 Å². The fourth-order valence-electron chi connectivity index (χ4n) is 2.97. The zero-order chi connectivity index (χ0) is 14.4. The zero-order valence-corrected chi connectivity index (χ0v) is 13.2. The fraction of sp³-hybridized carbons (Fsp3) is 0.706. The lowest BCUT2D eigenvalue weighted by Crippen LogP contribution is -2.23. The highest BCUT2D eigenvalue weighted by Crippen LogP contribution is 2.26. The zero-order valence-electron chi connectivity index (χ0n) is 13.2. The minimum Gasteiger partial charge on any atom is -0.370 e. The maximum atomic E-state index is 4.69. The molecule has 1 N–H and O–H groups in total. The SMILES string of the molecule is CCCNC(CC)c1ccc(N2CCC(CC)C2)cn1. The van der Waals surface area contributed by atoms with Crippen LogP contribution in [-0.2, 0) is 0 Å². The monoisotopic (exact) mass is 275 g/mol. The summed E-state index contributed by atoms with van der Waals surface area (Å²) in [5.74, 6) is 0.865. The Labute approximate surface area is 123 Å². The number of pyridine rings is 1. The van der Waals surface area contributed by atoms with Crippen molar-refractivity contribution in [3.05, 3.63) is 24.0 Å². The number of rotatable bonds is 7. The van der Waals surface area contributed by atoms with Crippen LogP contribution in [0, 0.1) is 5.92 Å². The van der Waals surface area contributed by atoms with Gasteiger partial charge in [-0.05, 0) is 43.9 Å². The molecule has 0 radical (unpaired) electrons. The average molecular weight is 275 g/mol. The van der Waals surface area contributed by atoms with Gasteiger partial charge in [0.05, 0.1) is 17.6 Å². The van der Waals surface area contributed by atoms with Crippen molar-refractivity contribution in [1.29, 1.82) is 0 Å². The summed E-state index contributed by atoms with van der Waals surface area (Å²) in [7, 11) is 0. The number of aromatic nitrogens is 1. The van der Waals surface area contributed by atoms with E-state index in [0.717, 1.165) is 18.9 Å². The van der Waals surface area contributed by atoms with Crippen LogP contribution in [0.15, 0.2) is 18.3 Å². The summed E-state index contributed by atoms with van der Waals surface area (Å²) in [6.45, 7) is 10.2. The van der Waals surface area contributed by atoms with E-state index in [1.807, 2.05) is 0 Å². The Bertz CT molecular complexity index is 367. The molecule has 2 unspecified atom stereocenters. The van der Waals surface area contributed by atoms with Gasteiger partial charge in [0.25, 0.3) is 0 Å². The predicted octanol–water partition coefficient (Wildman–Crippen LogP) is 3.77. The molecule has 0 aliphatic carbocycles. The molecular formula is C17H29N3. The molecule has 1 aliphatic heterocycles. The van der Waals surface area contributed by atoms with Gasteiger partial charge in [0, 0.05) is 19.1 Å². The molecule has 0 saturated carbocycles. The minimum absolute atomic E-state index is 0.394. The van der Waals surface area contributed by atoms with Crippen molar-refractivity contribution in [2.45, 2.75) is 52.5 Å². The highest BCUT2D eigenvalue weighted by Gasteiger charge is 2.21. The van der Waals surface area contributed by atoms with E-state index in [9.17, 15) is 0 Å². The van der Waals surface area contributed by atoms with Crippen LogP contribution < -0.4 is 10.2 Å². The Balaban J connectivity index is 1.98. The Morgan fingerprint density at radius 3 is 2.75 bits per heavy atom. The summed E-state index contributed by atoms with van der Waals surface area (Å²) in [6, 6.07) is 4.84. The highest BCUT2D eigenvalue weighted by atomic mass is 15.2. The van der Waals surface area contributed by atoms with Crippen LogP contribution >= 0.6 is 0 Å². The Morgan fingerprint density at radius 1 is 1.35 bits per heavy atom. The van der Waals surface area contributed by atoms with E-state index >= 15 is 0 Å². The topological polar surface area (TPSA) is 28.2 Å². The predicted molar refractivity (Wildman–Crippen MR) is 86.2 cm³/mol. The van der Waals surface area contributed by atoms with Gasteiger partial charge < -0.3 is 10.2 Å². The van der Waals surface area contributed by atoms with Crippen molar-refractivity contribution in [2.75, 3.05) is 24.5 Å². The summed E-state index contributed by atoms with van der Waals surface area (Å²) in [6.07, 6.45) is 6.94. The van der Waals surface area contributed by atoms with Crippen LogP contribution in [0.5, 0.6) is 0 Å². The number of nitrogens with zero attached hydrogens (tertiary/aromatic N) is 2. The Hall–Kier alpha value is -1.09. The van der Waals surface area contributed by atoms with E-state index in [2.05, 4.69) is 49.3 Å². The second-order valence-electron chi connectivity index (χ2n) is 5.87. The quantitative estimate of drug-likeness (QED) is 0.821. The first-order valence-corrected chi connectivity index (χ1v) is 8.22. The standard InChI is InChI=1S/C17H29N3/c1-4-10-18-16(6-3)17-8-7-15(12-19-17)20-11-9-14(5-2)13-20/h7-8,12,14,16,18H,4-6,9-11,13H2,1-3H3. The molecule has 2 atom stereocenters. The first kappa shape index (κ1) is 15.3. The van der Waals surface area contributed by atoms with Gasteiger partial charge >= 0.3 is 0 Å². The smallest absolute Gasteiger partial charge is 0.0574 e. The number of hydrogen-bond donors (Lipinski definition) is 1. The number of hydrogen-bond acceptors (Lipinski definition) is 3. The first-order valence-electron chi connectivity index (χ1n) is 8.22. The molecule has 0 spiro atoms. The van der Waals surface area contributed by atoms with Gasteiger partial charge in [0.15, 0.2) is 0 Å². The summed E-state index contributed by atoms with van der Waals surface area (Å²) in [5.41, 5.74) is 2.46. The largest absolute Gasteiger partial charge is 0.370 e. The summed E-state index contributed by atoms with van der Waals surface area (Å²) >= 11 is 0. The minimum atomic E-state index is 0.394. The van der Waals surface area contributed by atoms with Crippen LogP contribution in [0.4, 0.5) is 5.69 Å². The molecule has 1 fully saturated rings. The van der Waals surface area contributed by atoms with Gasteiger partial charge in [-0.3, -0.25) is 4.98 Å². The molecule has 0 amide bonds. The molecule has 112 valence electrons. The van der Waals surface area contributed by atoms with Gasteiger partial charge in [-0.25, -0.2) is 0 Å². The second kappa shape index (κ2) is 7.63. The van der Waals surface area contributed by atoms with Crippen LogP contribution in [-0.4, -0.2) is 24.6 Å². The van der Waals surface area contributed by atoms with Gasteiger partial charge in [-0.15, -0.1) is 0 Å². The lowest BCUT2D eigenvalue weighted by molar-refractivity contribution is 0.507. The third kappa shape index (κ3) is 3.72. The van der Waals surface area contributed by atoms with E-state index in [1.165, 1.54) is 43.7 Å². The molecule has 1 aromatic heterocycles. The number of anilines is 1. The van der Waals surface area contributed by atoms with E-state index in [4.69, 9.17) is 4.98 Å². The van der Waals surface area contributed by atoms with Crippen molar-refractivity contribution >= 4 is 5.69 Å². The lowest BCUT2D eigenvalue weighted by Gasteiger charge is -2.20. The first-order chi connectivity index (χ1) is 9.78. The molecule has 1 aliphatic rings. The third-order valence-corrected chi connectivity index (χ3v) is 4.41. The molecule has 3 heteroatoms. The summed E-state index contributed by atoms with van der Waals surface area (Å²) in [4.78, 5) is 7.17. The molecular weight excluding hydrogens is 246 g/mol. The molecule has 2 rings (SSSR count). The van der Waals surface area contributed by atoms with E-state index in [0.29, 0.717) is 6.04 Å². The number of nitrogens with one attached hydrogen (secondary N) is 1. The maximum Gasteiger partial charge on any atom is 0.0574 e. The Morgan fingerprint density at radius 2 is 2.20 bits per heavy atom. The molecule has 1 saturated heterocycles. The molecule has 2 heterocycles. The molecule has 1 aromatic rings. The van der Waals surface area contributed by atoms with E-state index < -0.39 is 0 Å². The van der Waals surface area contributed by atoms with Gasteiger partial charge in [0.1, 0.15) is 0 Å². The van der Waals surface area contributed by atoms with E-state index in [-0.39, 0.29) is 0 Å². The normalized spacial score (nSPS) is 20.4. The van der Waals surface area contributed by atoms with Crippen LogP contribution in [0.1, 0.15) is 58.2 Å². The summed E-state index contributed by atoms with van der Waals surface area (Å²) < 4.78 is 0. The highest BCUT2D eigenvalue weighted by molar-refractivity contribution is 5.45. The van der Waals surface area contributed by atoms with Crippen LogP contribution in [0.2, 0.25) is 0 Å². The van der Waals surface area contributed by atoms with Crippen LogP contribution in [0.25, 0.3) is 0 Å². The molecule has 3 nitrogen and oxygen atoms in total. The second-order valence-corrected chi connectivity index (χ2v) is 5.87. The van der Waals surface area contributed by atoms with Crippen molar-refractivity contribution in [3.63, 3.8) is 0 Å². The average Bonchev–Trinajstić information content (AvgIpc) is 2.97. The van der Waals surface area contributed by atoms with Crippen molar-refractivity contribution in [2.24, 2.45) is 5.92 Å². The lowest BCUT2D eigenvalue weighted by atomic mass is 10.1. The van der Waals surface area contributed by atoms with Gasteiger partial charge in [-0.2, -0.15) is 0 Å². The molecule has 20 heavy (non-hydrogen) atoms. The van der Waals surface area contributed by atoms with Gasteiger partial charge in [0.2, 0.25) is 0 Å². The van der Waals surface area contributed by atoms with Crippen LogP contribution in [0.3, 0.4) is 0 Å². The van der Waals surface area contributed by atoms with E-state index in [1.54, 1.807) is 0 Å². The van der Waals surface area contributed by atoms with Crippen molar-refractivity contribution < 1.29 is 0 Å². The van der Waals surface area contributed by atoms with Crippen molar-refractivity contribution in [1.82, 2.24) is 10.3 Å². The third-order valence-electron chi connectivity index (χ3n) is 4.41. The maximum absolute atomic E-state index is 4.69. The molecule has 0 bridgehead atoms. The van der Waals surface area contributed by atoms with Crippen molar-refractivity contribution in [3.8, 4) is 0 Å². The fourth-order valence-corrected chi connectivity index (χ4v) is 2.97.